The van der Waals surface area contributed by atoms with Crippen molar-refractivity contribution >= 4 is 23.2 Å². The van der Waals surface area contributed by atoms with Gasteiger partial charge in [-0.15, -0.1) is 11.3 Å². The molecule has 0 unspecified atom stereocenters. The lowest BCUT2D eigenvalue weighted by molar-refractivity contribution is -0.133. The summed E-state index contributed by atoms with van der Waals surface area (Å²) in [6.07, 6.45) is 1.55. The first-order valence-corrected chi connectivity index (χ1v) is 12.2. The molecule has 0 saturated heterocycles. The molecule has 2 amide bonds. The molecule has 0 aliphatic carbocycles. The average molecular weight is 491 g/mol. The minimum absolute atomic E-state index is 0.112. The van der Waals surface area contributed by atoms with Gasteiger partial charge in [0.2, 0.25) is 5.91 Å². The zero-order valence-corrected chi connectivity index (χ0v) is 20.6. The molecule has 7 heteroatoms. The summed E-state index contributed by atoms with van der Waals surface area (Å²) in [4.78, 5) is 32.5. The molecule has 4 rings (SSSR count). The molecule has 0 spiro atoms. The maximum Gasteiger partial charge on any atom is 0.255 e. The van der Waals surface area contributed by atoms with E-state index in [1.807, 2.05) is 44.2 Å². The van der Waals surface area contributed by atoms with Crippen LogP contribution in [-0.2, 0) is 24.4 Å². The molecule has 4 aromatic rings. The van der Waals surface area contributed by atoms with Crippen LogP contribution in [-0.4, -0.2) is 28.2 Å². The number of amides is 2. The zero-order valence-electron chi connectivity index (χ0n) is 19.7. The Labute approximate surface area is 208 Å². The number of furan rings is 1. The normalized spacial score (nSPS) is 10.8. The van der Waals surface area contributed by atoms with Crippen molar-refractivity contribution in [3.8, 4) is 0 Å². The van der Waals surface area contributed by atoms with Crippen molar-refractivity contribution in [2.45, 2.75) is 33.5 Å². The van der Waals surface area contributed by atoms with Crippen molar-refractivity contribution < 1.29 is 18.4 Å². The van der Waals surface area contributed by atoms with Crippen molar-refractivity contribution in [2.24, 2.45) is 0 Å². The molecule has 0 N–H and O–H groups in total. The molecule has 2 heterocycles. The fourth-order valence-electron chi connectivity index (χ4n) is 3.84. The molecule has 0 fully saturated rings. The van der Waals surface area contributed by atoms with Gasteiger partial charge in [0.15, 0.2) is 0 Å². The summed E-state index contributed by atoms with van der Waals surface area (Å²) in [5.74, 6) is -0.164. The second-order valence-electron chi connectivity index (χ2n) is 8.44. The highest BCUT2D eigenvalue weighted by Crippen LogP contribution is 2.20. The van der Waals surface area contributed by atoms with Crippen LogP contribution in [0.1, 0.15) is 37.0 Å². The summed E-state index contributed by atoms with van der Waals surface area (Å²) >= 11 is 1.62. The van der Waals surface area contributed by atoms with Gasteiger partial charge >= 0.3 is 0 Å². The Balaban J connectivity index is 1.59. The van der Waals surface area contributed by atoms with Crippen molar-refractivity contribution in [2.75, 3.05) is 6.54 Å². The number of hydrogen-bond acceptors (Lipinski definition) is 4. The van der Waals surface area contributed by atoms with Crippen molar-refractivity contribution in [3.05, 3.63) is 117 Å². The Kier molecular flexibility index (Phi) is 7.77. The van der Waals surface area contributed by atoms with Crippen LogP contribution in [0.2, 0.25) is 0 Å². The Hall–Kier alpha value is -3.71. The molecule has 0 atom stereocenters. The highest BCUT2D eigenvalue weighted by atomic mass is 32.1. The number of thiophene rings is 1. The molecule has 35 heavy (non-hydrogen) atoms. The fraction of sp³-hybridized carbons (Fsp3) is 0.214. The minimum Gasteiger partial charge on any atom is -0.467 e. The van der Waals surface area contributed by atoms with Gasteiger partial charge in [-0.1, -0.05) is 30.3 Å². The highest BCUT2D eigenvalue weighted by Gasteiger charge is 2.25. The minimum atomic E-state index is -0.325. The van der Waals surface area contributed by atoms with E-state index in [0.717, 1.165) is 20.9 Å². The second kappa shape index (κ2) is 11.1. The van der Waals surface area contributed by atoms with E-state index >= 15 is 0 Å². The van der Waals surface area contributed by atoms with Crippen LogP contribution in [0.15, 0.2) is 83.5 Å². The summed E-state index contributed by atoms with van der Waals surface area (Å²) < 4.78 is 18.9. The first kappa shape index (κ1) is 24.4. The third-order valence-electron chi connectivity index (χ3n) is 5.70. The van der Waals surface area contributed by atoms with Crippen LogP contribution < -0.4 is 0 Å². The van der Waals surface area contributed by atoms with Crippen LogP contribution >= 0.6 is 11.3 Å². The molecule has 2 aromatic heterocycles. The number of aryl methyl sites for hydroxylation is 2. The molecule has 0 bridgehead atoms. The lowest BCUT2D eigenvalue weighted by Crippen LogP contribution is -2.42. The fourth-order valence-corrected chi connectivity index (χ4v) is 4.74. The largest absolute Gasteiger partial charge is 0.467 e. The summed E-state index contributed by atoms with van der Waals surface area (Å²) in [7, 11) is 0. The molecule has 0 aliphatic rings. The molecule has 0 saturated carbocycles. The monoisotopic (exact) mass is 490 g/mol. The summed E-state index contributed by atoms with van der Waals surface area (Å²) in [5.41, 5.74) is 2.20. The number of hydrogen-bond donors (Lipinski definition) is 0. The quantitative estimate of drug-likeness (QED) is 0.291. The van der Waals surface area contributed by atoms with Crippen LogP contribution in [0.4, 0.5) is 4.39 Å². The number of carbonyl (C=O) groups is 2. The average Bonchev–Trinajstić information content (AvgIpc) is 3.51. The number of nitrogens with zero attached hydrogens (tertiary/aromatic N) is 2. The van der Waals surface area contributed by atoms with Crippen LogP contribution in [0.3, 0.4) is 0 Å². The molecule has 0 radical (unpaired) electrons. The maximum atomic E-state index is 13.6. The predicted molar refractivity (Wildman–Crippen MR) is 134 cm³/mol. The van der Waals surface area contributed by atoms with Crippen LogP contribution in [0.25, 0.3) is 0 Å². The first-order valence-electron chi connectivity index (χ1n) is 11.3. The molecule has 2 aromatic carbocycles. The SMILES string of the molecule is Cc1ccc(CN(Cc2ccc(F)cc2)C(=O)CN(Cc2ccco2)C(=O)c2ccccc2C)s1. The van der Waals surface area contributed by atoms with Crippen molar-refractivity contribution in [1.82, 2.24) is 9.80 Å². The third kappa shape index (κ3) is 6.45. The molecule has 180 valence electrons. The number of halogens is 1. The number of carbonyl (C=O) groups excluding carboxylic acids is 2. The van der Waals surface area contributed by atoms with Gasteiger partial charge in [0.05, 0.1) is 19.4 Å². The smallest absolute Gasteiger partial charge is 0.255 e. The number of benzene rings is 2. The Morgan fingerprint density at radius 2 is 1.63 bits per heavy atom. The lowest BCUT2D eigenvalue weighted by Gasteiger charge is -2.27. The van der Waals surface area contributed by atoms with E-state index in [0.29, 0.717) is 24.4 Å². The van der Waals surface area contributed by atoms with Crippen LogP contribution in [0, 0.1) is 19.7 Å². The van der Waals surface area contributed by atoms with Gasteiger partial charge < -0.3 is 14.2 Å². The van der Waals surface area contributed by atoms with Gasteiger partial charge in [0.25, 0.3) is 5.91 Å². The molecule has 0 aliphatic heterocycles. The first-order chi connectivity index (χ1) is 16.9. The molecular weight excluding hydrogens is 463 g/mol. The van der Waals surface area contributed by atoms with E-state index in [1.165, 1.54) is 17.0 Å². The van der Waals surface area contributed by atoms with Crippen molar-refractivity contribution in [1.29, 1.82) is 0 Å². The standard InChI is InChI=1S/C28H27FN2O3S/c1-20-6-3-4-8-26(20)28(33)31(17-24-7-5-15-34-24)19-27(32)30(18-25-14-9-21(2)35-25)16-22-10-12-23(29)13-11-22/h3-15H,16-19H2,1-2H3. The van der Waals surface area contributed by atoms with E-state index in [4.69, 9.17) is 4.42 Å². The van der Waals surface area contributed by atoms with E-state index in [1.54, 1.807) is 52.8 Å². The molecular formula is C28H27FN2O3S. The van der Waals surface area contributed by atoms with Gasteiger partial charge in [0.1, 0.15) is 18.1 Å². The maximum absolute atomic E-state index is 13.6. The predicted octanol–water partition coefficient (Wildman–Crippen LogP) is 5.97. The van der Waals surface area contributed by atoms with E-state index in [-0.39, 0.29) is 30.7 Å². The lowest BCUT2D eigenvalue weighted by atomic mass is 10.1. The van der Waals surface area contributed by atoms with Gasteiger partial charge in [-0.05, 0) is 67.4 Å². The summed E-state index contributed by atoms with van der Waals surface area (Å²) in [6, 6.07) is 21.0. The number of rotatable bonds is 9. The topological polar surface area (TPSA) is 53.8 Å². The second-order valence-corrected chi connectivity index (χ2v) is 9.82. The van der Waals surface area contributed by atoms with E-state index in [2.05, 4.69) is 0 Å². The summed E-state index contributed by atoms with van der Waals surface area (Å²) in [6.45, 7) is 4.67. The Morgan fingerprint density at radius 3 is 2.29 bits per heavy atom. The Bertz CT molecular complexity index is 1280. The van der Waals surface area contributed by atoms with E-state index in [9.17, 15) is 14.0 Å². The van der Waals surface area contributed by atoms with Crippen molar-refractivity contribution in [3.63, 3.8) is 0 Å². The van der Waals surface area contributed by atoms with Gasteiger partial charge in [0, 0.05) is 21.9 Å². The molecule has 5 nitrogen and oxygen atoms in total. The van der Waals surface area contributed by atoms with Gasteiger partial charge in [-0.3, -0.25) is 9.59 Å². The van der Waals surface area contributed by atoms with E-state index < -0.39 is 0 Å². The summed E-state index contributed by atoms with van der Waals surface area (Å²) in [5, 5.41) is 0. The van der Waals surface area contributed by atoms with Gasteiger partial charge in [-0.25, -0.2) is 4.39 Å². The Morgan fingerprint density at radius 1 is 0.857 bits per heavy atom. The third-order valence-corrected chi connectivity index (χ3v) is 6.68. The van der Waals surface area contributed by atoms with Gasteiger partial charge in [-0.2, -0.15) is 0 Å². The highest BCUT2D eigenvalue weighted by molar-refractivity contribution is 7.11. The zero-order chi connectivity index (χ0) is 24.8. The van der Waals surface area contributed by atoms with Crippen LogP contribution in [0.5, 0.6) is 0 Å².